The summed E-state index contributed by atoms with van der Waals surface area (Å²) in [5.74, 6) is 0.335. The number of hydrogen-bond acceptors (Lipinski definition) is 5. The fourth-order valence-electron chi connectivity index (χ4n) is 7.00. The number of esters is 1. The lowest BCUT2D eigenvalue weighted by atomic mass is 9.44. The third-order valence-electron chi connectivity index (χ3n) is 8.20. The second kappa shape index (κ2) is 4.48. The van der Waals surface area contributed by atoms with Crippen LogP contribution in [0.1, 0.15) is 52.9 Å². The lowest BCUT2D eigenvalue weighted by Gasteiger charge is -2.61. The Hall–Kier alpha value is -1.36. The van der Waals surface area contributed by atoms with Crippen molar-refractivity contribution < 1.29 is 23.8 Å². The summed E-state index contributed by atoms with van der Waals surface area (Å²) in [4.78, 5) is 25.7. The van der Waals surface area contributed by atoms with Crippen LogP contribution >= 0.6 is 0 Å². The highest BCUT2D eigenvalue weighted by atomic mass is 16.6. The van der Waals surface area contributed by atoms with E-state index in [0.717, 1.165) is 25.7 Å². The van der Waals surface area contributed by atoms with Crippen molar-refractivity contribution in [1.29, 1.82) is 0 Å². The van der Waals surface area contributed by atoms with E-state index < -0.39 is 16.6 Å². The molecule has 0 aromatic rings. The molecule has 5 aliphatic rings. The Morgan fingerprint density at radius 2 is 2.00 bits per heavy atom. The number of carbonyl (C=O) groups excluding carboxylic acids is 2. The van der Waals surface area contributed by atoms with Gasteiger partial charge in [0.2, 0.25) is 0 Å². The molecule has 3 aliphatic heterocycles. The van der Waals surface area contributed by atoms with Crippen molar-refractivity contribution in [2.24, 2.45) is 22.7 Å². The number of Topliss-reactive ketones (excluding diaryl/α,β-unsaturated/α-hetero) is 1. The zero-order chi connectivity index (χ0) is 17.7. The van der Waals surface area contributed by atoms with Crippen molar-refractivity contribution in [3.8, 4) is 0 Å². The summed E-state index contributed by atoms with van der Waals surface area (Å²) < 4.78 is 17.9. The van der Waals surface area contributed by atoms with Crippen LogP contribution < -0.4 is 0 Å². The van der Waals surface area contributed by atoms with Crippen molar-refractivity contribution in [3.05, 3.63) is 12.3 Å². The largest absolute Gasteiger partial charge is 0.498 e. The lowest BCUT2D eigenvalue weighted by molar-refractivity contribution is -0.245. The Morgan fingerprint density at radius 3 is 2.72 bits per heavy atom. The second-order valence-corrected chi connectivity index (χ2v) is 9.34. The smallest absolute Gasteiger partial charge is 0.312 e. The molecule has 2 saturated heterocycles. The molecule has 2 aliphatic carbocycles. The van der Waals surface area contributed by atoms with Gasteiger partial charge in [0, 0.05) is 17.8 Å². The summed E-state index contributed by atoms with van der Waals surface area (Å²) in [5.41, 5.74) is -2.17. The topological polar surface area (TPSA) is 61.8 Å². The minimum atomic E-state index is -0.929. The minimum Gasteiger partial charge on any atom is -0.498 e. The van der Waals surface area contributed by atoms with Crippen LogP contribution in [0.2, 0.25) is 0 Å². The van der Waals surface area contributed by atoms with Crippen LogP contribution in [0.4, 0.5) is 0 Å². The molecule has 0 amide bonds. The van der Waals surface area contributed by atoms with Gasteiger partial charge < -0.3 is 14.2 Å². The van der Waals surface area contributed by atoms with Gasteiger partial charge in [-0.05, 0) is 38.2 Å². The van der Waals surface area contributed by atoms with Gasteiger partial charge >= 0.3 is 5.97 Å². The van der Waals surface area contributed by atoms with Crippen molar-refractivity contribution in [1.82, 2.24) is 0 Å². The molecule has 2 saturated carbocycles. The van der Waals surface area contributed by atoms with Crippen LogP contribution in [-0.4, -0.2) is 35.7 Å². The van der Waals surface area contributed by atoms with E-state index >= 15 is 0 Å². The van der Waals surface area contributed by atoms with Gasteiger partial charge in [0.15, 0.2) is 11.4 Å². The van der Waals surface area contributed by atoms with E-state index in [-0.39, 0.29) is 41.7 Å². The number of hydrogen-bond donors (Lipinski definition) is 0. The molecule has 0 aromatic heterocycles. The standard InChI is InChI=1S/C20H26O5/c1-12-9-13-15-17(2,16(22)24-13)5-4-6-18(15,3)20(12)10-14(21)19(25-20)7-8-23-11-19/h7-8,12-13,15H,4-6,9-11H2,1-3H3/t12-,13-,15?,17+,18+,19+,20-/m1/s1. The first-order valence-electron chi connectivity index (χ1n) is 9.51. The maximum atomic E-state index is 13.0. The fourth-order valence-corrected chi connectivity index (χ4v) is 7.00. The summed E-state index contributed by atoms with van der Waals surface area (Å²) in [6.45, 7) is 6.74. The molecule has 136 valence electrons. The monoisotopic (exact) mass is 346 g/mol. The SMILES string of the molecule is C[C@@H]1C[C@H]2OC(=O)[C@@]3(C)CCC[C@@](C)(C23)[C@@]12CC(=O)[C@@]1(C=COC1)O2. The van der Waals surface area contributed by atoms with Gasteiger partial charge in [0.05, 0.1) is 17.3 Å². The third-order valence-corrected chi connectivity index (χ3v) is 8.20. The quantitative estimate of drug-likeness (QED) is 0.631. The van der Waals surface area contributed by atoms with Crippen molar-refractivity contribution in [2.45, 2.75) is 70.2 Å². The Labute approximate surface area is 148 Å². The van der Waals surface area contributed by atoms with Gasteiger partial charge in [-0.25, -0.2) is 0 Å². The zero-order valence-electron chi connectivity index (χ0n) is 15.2. The number of carbonyl (C=O) groups is 2. The lowest BCUT2D eigenvalue weighted by Crippen LogP contribution is -2.65. The molecule has 25 heavy (non-hydrogen) atoms. The molecular weight excluding hydrogens is 320 g/mol. The molecule has 5 nitrogen and oxygen atoms in total. The van der Waals surface area contributed by atoms with E-state index in [1.54, 1.807) is 12.3 Å². The van der Waals surface area contributed by atoms with E-state index in [4.69, 9.17) is 14.2 Å². The molecule has 0 aromatic carbocycles. The van der Waals surface area contributed by atoms with E-state index in [1.165, 1.54) is 0 Å². The number of ether oxygens (including phenoxy) is 3. The van der Waals surface area contributed by atoms with Gasteiger partial charge in [-0.2, -0.15) is 0 Å². The van der Waals surface area contributed by atoms with Crippen LogP contribution in [0.15, 0.2) is 12.3 Å². The number of fused-ring (bicyclic) bond motifs is 1. The second-order valence-electron chi connectivity index (χ2n) is 9.34. The van der Waals surface area contributed by atoms with Crippen LogP contribution in [0.5, 0.6) is 0 Å². The van der Waals surface area contributed by atoms with Crippen molar-refractivity contribution in [2.75, 3.05) is 6.61 Å². The van der Waals surface area contributed by atoms with Gasteiger partial charge in [0.1, 0.15) is 12.7 Å². The average molecular weight is 346 g/mol. The van der Waals surface area contributed by atoms with Gasteiger partial charge in [0.25, 0.3) is 0 Å². The normalized spacial score (nSPS) is 56.4. The van der Waals surface area contributed by atoms with Crippen molar-refractivity contribution in [3.63, 3.8) is 0 Å². The summed E-state index contributed by atoms with van der Waals surface area (Å²) in [5, 5.41) is 0. The molecule has 0 N–H and O–H groups in total. The van der Waals surface area contributed by atoms with E-state index in [1.807, 2.05) is 0 Å². The highest BCUT2D eigenvalue weighted by molar-refractivity contribution is 5.93. The van der Waals surface area contributed by atoms with Crippen LogP contribution in [0.3, 0.4) is 0 Å². The highest BCUT2D eigenvalue weighted by Crippen LogP contribution is 2.70. The van der Waals surface area contributed by atoms with E-state index in [2.05, 4.69) is 20.8 Å². The maximum absolute atomic E-state index is 13.0. The Kier molecular flexibility index (Phi) is 2.84. The molecule has 5 rings (SSSR count). The van der Waals surface area contributed by atoms with Crippen LogP contribution in [-0.2, 0) is 23.8 Å². The fraction of sp³-hybridized carbons (Fsp3) is 0.800. The Balaban J connectivity index is 1.65. The van der Waals surface area contributed by atoms with E-state index in [0.29, 0.717) is 6.42 Å². The summed E-state index contributed by atoms with van der Waals surface area (Å²) in [6, 6.07) is 0. The molecule has 4 fully saturated rings. The summed E-state index contributed by atoms with van der Waals surface area (Å²) >= 11 is 0. The Bertz CT molecular complexity index is 700. The number of rotatable bonds is 0. The maximum Gasteiger partial charge on any atom is 0.312 e. The van der Waals surface area contributed by atoms with Crippen LogP contribution in [0.25, 0.3) is 0 Å². The van der Waals surface area contributed by atoms with Gasteiger partial charge in [-0.3, -0.25) is 9.59 Å². The molecule has 5 heteroatoms. The third kappa shape index (κ3) is 1.60. The predicted molar refractivity (Wildman–Crippen MR) is 88.5 cm³/mol. The zero-order valence-corrected chi connectivity index (χ0v) is 15.2. The molecular formula is C20H26O5. The first-order valence-corrected chi connectivity index (χ1v) is 9.51. The summed E-state index contributed by atoms with van der Waals surface area (Å²) in [7, 11) is 0. The molecule has 1 unspecified atom stereocenters. The molecule has 3 heterocycles. The Morgan fingerprint density at radius 1 is 1.20 bits per heavy atom. The molecule has 2 spiro atoms. The van der Waals surface area contributed by atoms with Gasteiger partial charge in [-0.1, -0.05) is 20.3 Å². The average Bonchev–Trinajstić information content (AvgIpc) is 3.19. The molecule has 7 atom stereocenters. The van der Waals surface area contributed by atoms with Crippen molar-refractivity contribution >= 4 is 11.8 Å². The summed E-state index contributed by atoms with van der Waals surface area (Å²) in [6.07, 6.45) is 7.31. The minimum absolute atomic E-state index is 0.0472. The number of ketones is 1. The first kappa shape index (κ1) is 15.9. The predicted octanol–water partition coefficient (Wildman–Crippen LogP) is 2.78. The van der Waals surface area contributed by atoms with Crippen LogP contribution in [0, 0.1) is 22.7 Å². The highest BCUT2D eigenvalue weighted by Gasteiger charge is 2.75. The first-order chi connectivity index (χ1) is 11.8. The molecule has 0 bridgehead atoms. The van der Waals surface area contributed by atoms with Gasteiger partial charge in [-0.15, -0.1) is 0 Å². The van der Waals surface area contributed by atoms with E-state index in [9.17, 15) is 9.59 Å². The molecule has 0 radical (unpaired) electrons.